The summed E-state index contributed by atoms with van der Waals surface area (Å²) in [6.07, 6.45) is 5.15. The highest BCUT2D eigenvalue weighted by Crippen LogP contribution is 2.33. The second-order valence-corrected chi connectivity index (χ2v) is 11.9. The number of hydrogen-bond donors (Lipinski definition) is 3. The summed E-state index contributed by atoms with van der Waals surface area (Å²) in [6, 6.07) is 18.3. The first-order valence-corrected chi connectivity index (χ1v) is 15.5. The first-order chi connectivity index (χ1) is 21.7. The zero-order chi connectivity index (χ0) is 31.9. The molecule has 2 aliphatic rings. The topological polar surface area (TPSA) is 134 Å². The fourth-order valence-corrected chi connectivity index (χ4v) is 5.39. The van der Waals surface area contributed by atoms with Crippen LogP contribution in [0.2, 0.25) is 0 Å². The number of anilines is 2. The molecule has 0 aromatic heterocycles. The van der Waals surface area contributed by atoms with Crippen molar-refractivity contribution in [1.29, 1.82) is 0 Å². The van der Waals surface area contributed by atoms with Gasteiger partial charge in [0.1, 0.15) is 5.75 Å². The Hall–Kier alpha value is -4.70. The molecule has 0 radical (unpaired) electrons. The van der Waals surface area contributed by atoms with E-state index in [-0.39, 0.29) is 36.3 Å². The average Bonchev–Trinajstić information content (AvgIpc) is 3.88. The summed E-state index contributed by atoms with van der Waals surface area (Å²) in [5.74, 6) is 0.0608. The van der Waals surface area contributed by atoms with Crippen molar-refractivity contribution in [2.45, 2.75) is 64.6 Å². The van der Waals surface area contributed by atoms with Gasteiger partial charge in [-0.1, -0.05) is 30.7 Å². The van der Waals surface area contributed by atoms with E-state index in [2.05, 4.69) is 10.6 Å². The number of ether oxygens (including phenoxy) is 1. The Kier molecular flexibility index (Phi) is 10.1. The van der Waals surface area contributed by atoms with Crippen molar-refractivity contribution in [1.82, 2.24) is 9.80 Å². The van der Waals surface area contributed by atoms with Crippen LogP contribution >= 0.6 is 0 Å². The Labute approximate surface area is 263 Å². The summed E-state index contributed by atoms with van der Waals surface area (Å²) in [5, 5.41) is 5.74. The maximum Gasteiger partial charge on any atom is 0.262 e. The Morgan fingerprint density at radius 2 is 1.67 bits per heavy atom. The van der Waals surface area contributed by atoms with Gasteiger partial charge in [-0.3, -0.25) is 19.2 Å². The number of rotatable bonds is 13. The summed E-state index contributed by atoms with van der Waals surface area (Å²) in [6.45, 7) is 3.44. The molecule has 10 nitrogen and oxygen atoms in total. The molecule has 1 saturated carbocycles. The van der Waals surface area contributed by atoms with Crippen molar-refractivity contribution in [3.63, 3.8) is 0 Å². The van der Waals surface area contributed by atoms with Crippen molar-refractivity contribution >= 4 is 35.0 Å². The van der Waals surface area contributed by atoms with Crippen LogP contribution in [0, 0.1) is 6.92 Å². The molecule has 10 heteroatoms. The van der Waals surface area contributed by atoms with Crippen LogP contribution < -0.4 is 21.1 Å². The normalized spacial score (nSPS) is 13.7. The second kappa shape index (κ2) is 14.4. The third-order valence-electron chi connectivity index (χ3n) is 8.16. The number of carbonyl (C=O) groups is 4. The van der Waals surface area contributed by atoms with Crippen LogP contribution in [0.1, 0.15) is 75.9 Å². The molecule has 0 spiro atoms. The van der Waals surface area contributed by atoms with E-state index in [4.69, 9.17) is 10.5 Å². The lowest BCUT2D eigenvalue weighted by atomic mass is 10.1. The predicted octanol–water partition coefficient (Wildman–Crippen LogP) is 4.86. The minimum Gasteiger partial charge on any atom is -0.482 e. The van der Waals surface area contributed by atoms with E-state index < -0.39 is 0 Å². The highest BCUT2D eigenvalue weighted by atomic mass is 16.5. The van der Waals surface area contributed by atoms with Gasteiger partial charge in [-0.05, 0) is 92.2 Å². The number of carbonyl (C=O) groups excluding carboxylic acids is 4. The molecule has 1 fully saturated rings. The Morgan fingerprint density at radius 3 is 2.38 bits per heavy atom. The summed E-state index contributed by atoms with van der Waals surface area (Å²) in [4.78, 5) is 54.1. The van der Waals surface area contributed by atoms with Gasteiger partial charge in [0.2, 0.25) is 5.91 Å². The molecule has 1 heterocycles. The van der Waals surface area contributed by atoms with Crippen LogP contribution in [-0.4, -0.2) is 59.7 Å². The molecule has 3 aromatic carbocycles. The van der Waals surface area contributed by atoms with Gasteiger partial charge in [-0.15, -0.1) is 0 Å². The lowest BCUT2D eigenvalue weighted by molar-refractivity contribution is -0.130. The number of nitrogens with zero attached hydrogens (tertiary/aromatic N) is 2. The highest BCUT2D eigenvalue weighted by Gasteiger charge is 2.33. The molecular weight excluding hydrogens is 570 g/mol. The number of benzene rings is 3. The van der Waals surface area contributed by atoms with Crippen molar-refractivity contribution in [2.24, 2.45) is 5.73 Å². The SMILES string of the molecule is Cc1cc(CN(C)C(=O)CCCCCN)ccc1NC(=O)c1ccc(CN(C(=O)c2ccc3c(c2)OCC(=O)N3)C2CC2)cc1. The van der Waals surface area contributed by atoms with Crippen LogP contribution in [0.5, 0.6) is 5.75 Å². The van der Waals surface area contributed by atoms with E-state index >= 15 is 0 Å². The molecule has 1 aliphatic carbocycles. The summed E-state index contributed by atoms with van der Waals surface area (Å²) < 4.78 is 5.50. The fourth-order valence-electron chi connectivity index (χ4n) is 5.39. The van der Waals surface area contributed by atoms with E-state index in [9.17, 15) is 19.2 Å². The molecule has 4 N–H and O–H groups in total. The largest absolute Gasteiger partial charge is 0.482 e. The summed E-state index contributed by atoms with van der Waals surface area (Å²) in [5.41, 5.74) is 10.7. The van der Waals surface area contributed by atoms with Crippen LogP contribution in [0.4, 0.5) is 11.4 Å². The van der Waals surface area contributed by atoms with Gasteiger partial charge in [0.05, 0.1) is 5.69 Å². The van der Waals surface area contributed by atoms with Gasteiger partial charge >= 0.3 is 0 Å². The summed E-state index contributed by atoms with van der Waals surface area (Å²) >= 11 is 0. The van der Waals surface area contributed by atoms with Gasteiger partial charge in [0.15, 0.2) is 6.61 Å². The third kappa shape index (κ3) is 8.27. The lowest BCUT2D eigenvalue weighted by Crippen LogP contribution is -2.33. The van der Waals surface area contributed by atoms with E-state index in [0.717, 1.165) is 48.8 Å². The molecule has 5 rings (SSSR count). The Balaban J connectivity index is 1.17. The number of hydrogen-bond acceptors (Lipinski definition) is 6. The Bertz CT molecular complexity index is 1570. The minimum atomic E-state index is -0.224. The molecule has 0 atom stereocenters. The van der Waals surface area contributed by atoms with Crippen LogP contribution in [0.3, 0.4) is 0 Å². The van der Waals surface area contributed by atoms with Gasteiger partial charge in [-0.2, -0.15) is 0 Å². The zero-order valence-corrected chi connectivity index (χ0v) is 25.9. The maximum absolute atomic E-state index is 13.5. The highest BCUT2D eigenvalue weighted by molar-refractivity contribution is 6.04. The second-order valence-electron chi connectivity index (χ2n) is 11.9. The van der Waals surface area contributed by atoms with Gasteiger partial charge in [0.25, 0.3) is 17.7 Å². The van der Waals surface area contributed by atoms with E-state index in [1.807, 2.05) is 49.2 Å². The monoisotopic (exact) mass is 611 g/mol. The van der Waals surface area contributed by atoms with E-state index in [1.54, 1.807) is 35.2 Å². The molecule has 236 valence electrons. The molecule has 1 aliphatic heterocycles. The van der Waals surface area contributed by atoms with Crippen molar-refractivity contribution in [3.8, 4) is 5.75 Å². The van der Waals surface area contributed by atoms with Crippen LogP contribution in [-0.2, 0) is 22.7 Å². The van der Waals surface area contributed by atoms with Gasteiger partial charge < -0.3 is 30.9 Å². The third-order valence-corrected chi connectivity index (χ3v) is 8.16. The predicted molar refractivity (Wildman–Crippen MR) is 173 cm³/mol. The van der Waals surface area contributed by atoms with Crippen LogP contribution in [0.25, 0.3) is 0 Å². The number of aryl methyl sites for hydroxylation is 1. The zero-order valence-electron chi connectivity index (χ0n) is 25.9. The van der Waals surface area contributed by atoms with Gasteiger partial charge in [-0.25, -0.2) is 0 Å². The lowest BCUT2D eigenvalue weighted by Gasteiger charge is -2.24. The van der Waals surface area contributed by atoms with Crippen molar-refractivity contribution < 1.29 is 23.9 Å². The minimum absolute atomic E-state index is 0.0713. The number of nitrogens with one attached hydrogen (secondary N) is 2. The number of amides is 4. The average molecular weight is 612 g/mol. The Morgan fingerprint density at radius 1 is 0.933 bits per heavy atom. The van der Waals surface area contributed by atoms with Crippen molar-refractivity contribution in [2.75, 3.05) is 30.8 Å². The molecule has 0 saturated heterocycles. The van der Waals surface area contributed by atoms with E-state index in [0.29, 0.717) is 54.3 Å². The first-order valence-electron chi connectivity index (χ1n) is 15.5. The van der Waals surface area contributed by atoms with Crippen LogP contribution in [0.15, 0.2) is 60.7 Å². The number of nitrogens with two attached hydrogens (primary N) is 1. The number of fused-ring (bicyclic) bond motifs is 1. The molecule has 0 unspecified atom stereocenters. The maximum atomic E-state index is 13.5. The van der Waals surface area contributed by atoms with Crippen molar-refractivity contribution in [3.05, 3.63) is 88.5 Å². The van der Waals surface area contributed by atoms with Gasteiger partial charge in [0, 0.05) is 49.4 Å². The number of unbranched alkanes of at least 4 members (excludes halogenated alkanes) is 2. The fraction of sp³-hybridized carbons (Fsp3) is 0.371. The molecule has 45 heavy (non-hydrogen) atoms. The molecular formula is C35H41N5O5. The molecule has 4 amide bonds. The molecule has 3 aromatic rings. The standard InChI is InChI=1S/C35H41N5O5/c1-23-18-25(20-39(2)33(42)6-4-3-5-17-36)9-15-29(23)38-34(43)26-10-7-24(8-11-26)21-40(28-13-14-28)35(44)27-12-16-30-31(19-27)45-22-32(41)37-30/h7-12,15-16,18-19,28H,3-6,13-14,17,20-22,36H2,1-2H3,(H,37,41)(H,38,43). The quantitative estimate of drug-likeness (QED) is 0.237. The van der Waals surface area contributed by atoms with E-state index in [1.165, 1.54) is 0 Å². The smallest absolute Gasteiger partial charge is 0.262 e. The first kappa shape index (κ1) is 31.7. The molecule has 0 bridgehead atoms. The summed E-state index contributed by atoms with van der Waals surface area (Å²) in [7, 11) is 1.81.